The van der Waals surface area contributed by atoms with Crippen molar-refractivity contribution in [3.63, 3.8) is 0 Å². The topological polar surface area (TPSA) is 94.2 Å². The van der Waals surface area contributed by atoms with Gasteiger partial charge in [0.25, 0.3) is 11.5 Å². The van der Waals surface area contributed by atoms with E-state index >= 15 is 0 Å². The zero-order valence-corrected chi connectivity index (χ0v) is 22.0. The Morgan fingerprint density at radius 1 is 1.08 bits per heavy atom. The number of nitrogens with zero attached hydrogens (tertiary/aromatic N) is 5. The number of rotatable bonds is 6. The Kier molecular flexibility index (Phi) is 6.52. The van der Waals surface area contributed by atoms with Crippen LogP contribution in [0.5, 0.6) is 0 Å². The molecular weight excluding hydrogens is 488 g/mol. The van der Waals surface area contributed by atoms with Gasteiger partial charge in [-0.15, -0.1) is 0 Å². The lowest BCUT2D eigenvalue weighted by molar-refractivity contribution is 0.0938. The van der Waals surface area contributed by atoms with Crippen LogP contribution in [-0.4, -0.2) is 30.1 Å². The molecule has 8 heteroatoms. The molecule has 3 heterocycles. The summed E-state index contributed by atoms with van der Waals surface area (Å²) in [6, 6.07) is 16.4. The lowest BCUT2D eigenvalue weighted by atomic mass is 10.0. The van der Waals surface area contributed by atoms with Crippen molar-refractivity contribution in [1.29, 1.82) is 0 Å². The first kappa shape index (κ1) is 24.7. The van der Waals surface area contributed by atoms with Crippen molar-refractivity contribution >= 4 is 28.5 Å². The molecular formula is C31H30N6O2. The molecule has 0 bridgehead atoms. The molecule has 0 unspecified atom stereocenters. The van der Waals surface area contributed by atoms with Gasteiger partial charge in [0.1, 0.15) is 11.4 Å². The predicted molar refractivity (Wildman–Crippen MR) is 152 cm³/mol. The van der Waals surface area contributed by atoms with Gasteiger partial charge in [-0.2, -0.15) is 5.10 Å². The normalized spacial score (nSPS) is 14.9. The number of aryl methyl sites for hydroxylation is 1. The highest BCUT2D eigenvalue weighted by molar-refractivity contribution is 6.01. The summed E-state index contributed by atoms with van der Waals surface area (Å²) in [6.07, 6.45) is 12.6. The Hall–Kier alpha value is -4.59. The van der Waals surface area contributed by atoms with Crippen molar-refractivity contribution in [2.24, 2.45) is 5.92 Å². The highest BCUT2D eigenvalue weighted by Gasteiger charge is 2.24. The maximum atomic E-state index is 14.2. The highest BCUT2D eigenvalue weighted by atomic mass is 16.2. The van der Waals surface area contributed by atoms with Gasteiger partial charge < -0.3 is 5.32 Å². The summed E-state index contributed by atoms with van der Waals surface area (Å²) >= 11 is 0. The second-order valence-electron chi connectivity index (χ2n) is 10.1. The van der Waals surface area contributed by atoms with Crippen LogP contribution in [0.25, 0.3) is 28.3 Å². The Labute approximate surface area is 226 Å². The van der Waals surface area contributed by atoms with E-state index < -0.39 is 6.04 Å². The van der Waals surface area contributed by atoms with E-state index in [4.69, 9.17) is 4.98 Å². The molecule has 5 aromatic rings. The molecule has 2 aromatic carbocycles. The van der Waals surface area contributed by atoms with Crippen LogP contribution < -0.4 is 10.9 Å². The van der Waals surface area contributed by atoms with E-state index in [1.807, 2.05) is 55.5 Å². The molecule has 1 saturated carbocycles. The fourth-order valence-corrected chi connectivity index (χ4v) is 5.51. The van der Waals surface area contributed by atoms with E-state index in [1.54, 1.807) is 34.5 Å². The second-order valence-corrected chi connectivity index (χ2v) is 10.1. The molecule has 3 aromatic heterocycles. The van der Waals surface area contributed by atoms with Crippen LogP contribution in [0.3, 0.4) is 0 Å². The Morgan fingerprint density at radius 3 is 2.67 bits per heavy atom. The summed E-state index contributed by atoms with van der Waals surface area (Å²) in [4.78, 5) is 36.9. The standard InChI is InChI=1S/C31H30N6O2/c1-20-26(29-32-18-9-19-36(29)35-20)30(38)33-21(2)28-34-25-15-8-12-23(17-16-22-10-6-7-11-22)27(25)31(39)37(28)24-13-4-3-5-14-24/h3-5,8-9,12-19,21-22H,6-7,10-11H2,1-2H3,(H,33,38)/b17-16+/t21-/m0/s1. The average Bonchev–Trinajstić information content (AvgIpc) is 3.59. The number of aromatic nitrogens is 5. The minimum Gasteiger partial charge on any atom is -0.342 e. The van der Waals surface area contributed by atoms with E-state index in [1.165, 1.54) is 25.7 Å². The van der Waals surface area contributed by atoms with Crippen molar-refractivity contribution in [3.8, 4) is 5.69 Å². The molecule has 1 atom stereocenters. The summed E-state index contributed by atoms with van der Waals surface area (Å²) in [6.45, 7) is 3.62. The molecule has 1 aliphatic rings. The maximum absolute atomic E-state index is 14.2. The quantitative estimate of drug-likeness (QED) is 0.323. The molecule has 1 fully saturated rings. The van der Waals surface area contributed by atoms with Crippen LogP contribution in [0.4, 0.5) is 0 Å². The fraction of sp³-hybridized carbons (Fsp3) is 0.258. The van der Waals surface area contributed by atoms with Crippen molar-refractivity contribution in [2.45, 2.75) is 45.6 Å². The smallest absolute Gasteiger partial charge is 0.266 e. The van der Waals surface area contributed by atoms with E-state index in [2.05, 4.69) is 27.6 Å². The van der Waals surface area contributed by atoms with E-state index in [9.17, 15) is 9.59 Å². The zero-order valence-electron chi connectivity index (χ0n) is 22.0. The van der Waals surface area contributed by atoms with E-state index in [-0.39, 0.29) is 11.5 Å². The SMILES string of the molecule is Cc1nn2cccnc2c1C(=O)N[C@@H](C)c1nc2cccc(/C=C/C3CCCC3)c2c(=O)n1-c1ccccc1. The molecule has 6 rings (SSSR count). The van der Waals surface area contributed by atoms with Gasteiger partial charge >= 0.3 is 0 Å². The molecule has 0 spiro atoms. The van der Waals surface area contributed by atoms with Crippen LogP contribution in [0.15, 0.2) is 77.9 Å². The number of allylic oxidation sites excluding steroid dienone is 1. The van der Waals surface area contributed by atoms with Crippen molar-refractivity contribution < 1.29 is 4.79 Å². The molecule has 1 amide bonds. The molecule has 39 heavy (non-hydrogen) atoms. The summed E-state index contributed by atoms with van der Waals surface area (Å²) in [5, 5.41) is 8.02. The largest absolute Gasteiger partial charge is 0.342 e. The molecule has 1 N–H and O–H groups in total. The van der Waals surface area contributed by atoms with E-state index in [0.717, 1.165) is 5.56 Å². The number of hydrogen-bond donors (Lipinski definition) is 1. The van der Waals surface area contributed by atoms with Gasteiger partial charge in [-0.25, -0.2) is 14.5 Å². The van der Waals surface area contributed by atoms with Crippen LogP contribution in [0, 0.1) is 12.8 Å². The van der Waals surface area contributed by atoms with Gasteiger partial charge in [-0.3, -0.25) is 14.2 Å². The third-order valence-corrected chi connectivity index (χ3v) is 7.45. The third-order valence-electron chi connectivity index (χ3n) is 7.45. The van der Waals surface area contributed by atoms with Gasteiger partial charge in [0.05, 0.1) is 28.3 Å². The molecule has 196 valence electrons. The Balaban J connectivity index is 1.45. The summed E-state index contributed by atoms with van der Waals surface area (Å²) in [5.74, 6) is 0.680. The summed E-state index contributed by atoms with van der Waals surface area (Å²) in [5.41, 5.74) is 3.44. The number of fused-ring (bicyclic) bond motifs is 2. The minimum absolute atomic E-state index is 0.164. The van der Waals surface area contributed by atoms with Crippen LogP contribution >= 0.6 is 0 Å². The van der Waals surface area contributed by atoms with Crippen molar-refractivity contribution in [1.82, 2.24) is 29.5 Å². The predicted octanol–water partition coefficient (Wildman–Crippen LogP) is 5.43. The highest BCUT2D eigenvalue weighted by Crippen LogP contribution is 2.28. The average molecular weight is 519 g/mol. The van der Waals surface area contributed by atoms with Crippen molar-refractivity contribution in [3.05, 3.63) is 106 Å². The van der Waals surface area contributed by atoms with Gasteiger partial charge in [0.15, 0.2) is 5.65 Å². The second kappa shape index (κ2) is 10.3. The zero-order chi connectivity index (χ0) is 26.9. The number of benzene rings is 2. The monoisotopic (exact) mass is 518 g/mol. The molecule has 8 nitrogen and oxygen atoms in total. The molecule has 0 saturated heterocycles. The number of para-hydroxylation sites is 1. The minimum atomic E-state index is -0.578. The number of nitrogens with one attached hydrogen (secondary N) is 1. The van der Waals surface area contributed by atoms with Gasteiger partial charge in [0.2, 0.25) is 0 Å². The summed E-state index contributed by atoms with van der Waals surface area (Å²) < 4.78 is 3.20. The van der Waals surface area contributed by atoms with E-state index in [0.29, 0.717) is 45.2 Å². The molecule has 1 aliphatic carbocycles. The first-order valence-corrected chi connectivity index (χ1v) is 13.4. The maximum Gasteiger partial charge on any atom is 0.266 e. The summed E-state index contributed by atoms with van der Waals surface area (Å²) in [7, 11) is 0. The first-order chi connectivity index (χ1) is 19.0. The molecule has 0 aliphatic heterocycles. The van der Waals surface area contributed by atoms with Crippen molar-refractivity contribution in [2.75, 3.05) is 0 Å². The number of hydrogen-bond acceptors (Lipinski definition) is 5. The number of amides is 1. The van der Waals surface area contributed by atoms with Gasteiger partial charge in [-0.05, 0) is 62.4 Å². The number of carbonyl (C=O) groups is 1. The van der Waals surface area contributed by atoms with Gasteiger partial charge in [-0.1, -0.05) is 55.3 Å². The van der Waals surface area contributed by atoms with Crippen LogP contribution in [0.1, 0.15) is 66.1 Å². The van der Waals surface area contributed by atoms with Gasteiger partial charge in [0, 0.05) is 12.4 Å². The van der Waals surface area contributed by atoms with Crippen LogP contribution in [-0.2, 0) is 0 Å². The lowest BCUT2D eigenvalue weighted by Gasteiger charge is -2.20. The Morgan fingerprint density at radius 2 is 1.87 bits per heavy atom. The third kappa shape index (κ3) is 4.63. The number of carbonyl (C=O) groups excluding carboxylic acids is 1. The first-order valence-electron chi connectivity index (χ1n) is 13.4. The fourth-order valence-electron chi connectivity index (χ4n) is 5.51. The Bertz CT molecular complexity index is 1760. The lowest BCUT2D eigenvalue weighted by Crippen LogP contribution is -2.33. The molecule has 0 radical (unpaired) electrons. The van der Waals surface area contributed by atoms with Crippen LogP contribution in [0.2, 0.25) is 0 Å².